The fraction of sp³-hybridized carbons (Fsp3) is 0.318. The van der Waals surface area contributed by atoms with Gasteiger partial charge in [0.15, 0.2) is 0 Å². The summed E-state index contributed by atoms with van der Waals surface area (Å²) in [5, 5.41) is 4.64. The van der Waals surface area contributed by atoms with Gasteiger partial charge in [-0.15, -0.1) is 0 Å². The van der Waals surface area contributed by atoms with Crippen LogP contribution in [-0.4, -0.2) is 18.9 Å². The van der Waals surface area contributed by atoms with E-state index in [0.29, 0.717) is 8.58 Å². The van der Waals surface area contributed by atoms with Gasteiger partial charge in [0.2, 0.25) is 0 Å². The van der Waals surface area contributed by atoms with Crippen molar-refractivity contribution in [1.29, 1.82) is 0 Å². The molecule has 0 amide bonds. The Bertz CT molecular complexity index is 800. The molecule has 1 N–H and O–H groups in total. The largest absolute Gasteiger partial charge is 0.359 e. The molecule has 4 heteroatoms. The van der Waals surface area contributed by atoms with Crippen molar-refractivity contribution in [3.05, 3.63) is 77.2 Å². The topological polar surface area (TPSA) is 27.6 Å². The summed E-state index contributed by atoms with van der Waals surface area (Å²) in [6, 6.07) is 6.69. The number of allylic oxidation sites excluding steroid dienone is 4. The van der Waals surface area contributed by atoms with Crippen molar-refractivity contribution >= 4 is 20.0 Å². The van der Waals surface area contributed by atoms with E-state index in [-0.39, 0.29) is 0 Å². The smallest absolute Gasteiger partial charge is 0.0790 e. The lowest BCUT2D eigenvalue weighted by Crippen LogP contribution is -2.26. The van der Waals surface area contributed by atoms with Gasteiger partial charge in [0.25, 0.3) is 0 Å². The van der Waals surface area contributed by atoms with Gasteiger partial charge in [-0.05, 0) is 63.3 Å². The van der Waals surface area contributed by atoms with Crippen molar-refractivity contribution in [3.63, 3.8) is 0 Å². The Labute approximate surface area is 160 Å². The monoisotopic (exact) mass is 367 g/mol. The molecule has 1 atom stereocenters. The first-order chi connectivity index (χ1) is 12.4. The summed E-state index contributed by atoms with van der Waals surface area (Å²) in [5.74, 6) is 0. The predicted octanol–water partition coefficient (Wildman–Crippen LogP) is 5.51. The molecule has 1 aromatic rings. The Morgan fingerprint density at radius 1 is 1.31 bits per heavy atom. The molecule has 138 valence electrons. The lowest BCUT2D eigenvalue weighted by molar-refractivity contribution is 0.915. The number of nitrogens with zero attached hydrogens (tertiary/aromatic N) is 2. The first-order valence-corrected chi connectivity index (χ1v) is 10.4. The van der Waals surface area contributed by atoms with E-state index in [1.54, 1.807) is 6.20 Å². The van der Waals surface area contributed by atoms with Crippen molar-refractivity contribution in [2.45, 2.75) is 34.1 Å². The van der Waals surface area contributed by atoms with Crippen molar-refractivity contribution in [3.8, 4) is 0 Å². The second kappa shape index (κ2) is 9.00. The number of aliphatic imine (C=N–C) groups is 1. The molecule has 2 rings (SSSR count). The van der Waals surface area contributed by atoms with Crippen LogP contribution in [0.25, 0.3) is 0 Å². The van der Waals surface area contributed by atoms with Crippen LogP contribution in [0.15, 0.2) is 71.0 Å². The van der Waals surface area contributed by atoms with Crippen LogP contribution in [0.5, 0.6) is 0 Å². The third-order valence-corrected chi connectivity index (χ3v) is 5.75. The van der Waals surface area contributed by atoms with E-state index in [0.717, 1.165) is 29.7 Å². The molecule has 0 aliphatic carbocycles. The van der Waals surface area contributed by atoms with Crippen molar-refractivity contribution in [1.82, 2.24) is 5.32 Å². The highest BCUT2D eigenvalue weighted by Crippen LogP contribution is 2.32. The number of nitrogens with one attached hydrogen (secondary N) is 1. The minimum Gasteiger partial charge on any atom is -0.359 e. The standard InChI is InChI=1S/C22H30N3P/c1-8-23-17(4)22(24-14-16(3)19(6)26-7)18(5)25-12-11-20-13-15(2)9-10-21(20)25/h8-10,13-14,24,26H,1,6,11-12H2,2-5,7H3/b16-14+,22-18-,23-17-. The van der Waals surface area contributed by atoms with Crippen LogP contribution in [0.4, 0.5) is 5.69 Å². The van der Waals surface area contributed by atoms with E-state index in [1.807, 2.05) is 13.1 Å². The van der Waals surface area contributed by atoms with E-state index in [4.69, 9.17) is 0 Å². The molecule has 0 bridgehead atoms. The Kier molecular flexibility index (Phi) is 6.99. The predicted molar refractivity (Wildman–Crippen MR) is 119 cm³/mol. The van der Waals surface area contributed by atoms with E-state index < -0.39 is 0 Å². The number of benzene rings is 1. The van der Waals surface area contributed by atoms with Crippen molar-refractivity contribution < 1.29 is 0 Å². The van der Waals surface area contributed by atoms with E-state index in [2.05, 4.69) is 74.0 Å². The number of hydrogen-bond donors (Lipinski definition) is 1. The number of rotatable bonds is 7. The maximum atomic E-state index is 4.41. The minimum atomic E-state index is 0.709. The molecule has 0 fully saturated rings. The summed E-state index contributed by atoms with van der Waals surface area (Å²) in [6.07, 6.45) is 4.70. The van der Waals surface area contributed by atoms with Crippen LogP contribution in [0.3, 0.4) is 0 Å². The van der Waals surface area contributed by atoms with Gasteiger partial charge in [-0.2, -0.15) is 0 Å². The van der Waals surface area contributed by atoms with Gasteiger partial charge in [0.05, 0.1) is 11.4 Å². The highest BCUT2D eigenvalue weighted by molar-refractivity contribution is 7.42. The third kappa shape index (κ3) is 4.53. The van der Waals surface area contributed by atoms with Gasteiger partial charge in [-0.1, -0.05) is 39.4 Å². The summed E-state index contributed by atoms with van der Waals surface area (Å²) in [6.45, 7) is 19.4. The molecule has 1 aliphatic heterocycles. The average Bonchev–Trinajstić information content (AvgIpc) is 3.03. The molecule has 1 unspecified atom stereocenters. The molecular weight excluding hydrogens is 337 g/mol. The van der Waals surface area contributed by atoms with Gasteiger partial charge in [-0.25, -0.2) is 0 Å². The first kappa shape index (κ1) is 20.2. The summed E-state index contributed by atoms with van der Waals surface area (Å²) in [5.41, 5.74) is 8.29. The zero-order valence-corrected chi connectivity index (χ0v) is 17.6. The minimum absolute atomic E-state index is 0.709. The highest BCUT2D eigenvalue weighted by atomic mass is 31.1. The maximum Gasteiger partial charge on any atom is 0.0790 e. The number of hydrogen-bond acceptors (Lipinski definition) is 3. The molecule has 0 radical (unpaired) electrons. The molecule has 1 aliphatic rings. The van der Waals surface area contributed by atoms with Gasteiger partial charge in [0.1, 0.15) is 0 Å². The normalized spacial score (nSPS) is 16.0. The number of aryl methyl sites for hydroxylation is 1. The molecule has 0 saturated carbocycles. The Morgan fingerprint density at radius 2 is 2.04 bits per heavy atom. The first-order valence-electron chi connectivity index (χ1n) is 8.93. The molecule has 0 saturated heterocycles. The van der Waals surface area contributed by atoms with Gasteiger partial charge < -0.3 is 10.2 Å². The molecule has 0 aromatic heterocycles. The number of anilines is 1. The van der Waals surface area contributed by atoms with E-state index in [1.165, 1.54) is 28.1 Å². The zero-order valence-electron chi connectivity index (χ0n) is 16.6. The van der Waals surface area contributed by atoms with E-state index >= 15 is 0 Å². The van der Waals surface area contributed by atoms with Gasteiger partial charge in [-0.3, -0.25) is 4.99 Å². The van der Waals surface area contributed by atoms with Crippen LogP contribution < -0.4 is 10.2 Å². The lowest BCUT2D eigenvalue weighted by atomic mass is 10.1. The van der Waals surface area contributed by atoms with Gasteiger partial charge in [0, 0.05) is 30.3 Å². The van der Waals surface area contributed by atoms with Crippen LogP contribution in [0.2, 0.25) is 0 Å². The fourth-order valence-electron chi connectivity index (χ4n) is 3.15. The molecular formula is C22H30N3P. The second-order valence-electron chi connectivity index (χ2n) is 6.59. The summed E-state index contributed by atoms with van der Waals surface area (Å²) in [4.78, 5) is 6.79. The summed E-state index contributed by atoms with van der Waals surface area (Å²) in [7, 11) is 0.709. The Balaban J connectivity index is 2.43. The van der Waals surface area contributed by atoms with Crippen molar-refractivity contribution in [2.24, 2.45) is 4.99 Å². The van der Waals surface area contributed by atoms with Crippen molar-refractivity contribution in [2.75, 3.05) is 18.1 Å². The lowest BCUT2D eigenvalue weighted by Gasteiger charge is -2.24. The van der Waals surface area contributed by atoms with Gasteiger partial charge >= 0.3 is 0 Å². The maximum absolute atomic E-state index is 4.41. The summed E-state index contributed by atoms with van der Waals surface area (Å²) < 4.78 is 0. The quantitative estimate of drug-likeness (QED) is 0.391. The van der Waals surface area contributed by atoms with Crippen LogP contribution in [0.1, 0.15) is 31.9 Å². The molecule has 26 heavy (non-hydrogen) atoms. The highest BCUT2D eigenvalue weighted by Gasteiger charge is 2.22. The molecule has 3 nitrogen and oxygen atoms in total. The molecule has 0 spiro atoms. The number of fused-ring (bicyclic) bond motifs is 1. The Morgan fingerprint density at radius 3 is 2.69 bits per heavy atom. The van der Waals surface area contributed by atoms with E-state index in [9.17, 15) is 0 Å². The third-order valence-electron chi connectivity index (χ3n) is 4.75. The summed E-state index contributed by atoms with van der Waals surface area (Å²) >= 11 is 0. The second-order valence-corrected chi connectivity index (χ2v) is 7.70. The SMILES string of the molecule is C=C/N=C(C)\C(N/C=C(\C)C(=C)PC)=C(/C)N1CCc2cc(C)ccc21. The van der Waals surface area contributed by atoms with Crippen LogP contribution in [0, 0.1) is 6.92 Å². The Hall–Kier alpha value is -2.12. The fourth-order valence-corrected chi connectivity index (χ4v) is 3.62. The molecule has 1 aromatic carbocycles. The van der Waals surface area contributed by atoms with Crippen LogP contribution in [-0.2, 0) is 6.42 Å². The van der Waals surface area contributed by atoms with Crippen LogP contribution >= 0.6 is 8.58 Å². The zero-order chi connectivity index (χ0) is 19.3. The average molecular weight is 367 g/mol. The molecule has 1 heterocycles.